The Hall–Kier alpha value is -3.00. The van der Waals surface area contributed by atoms with Crippen LogP contribution in [0.15, 0.2) is 68.9 Å². The second kappa shape index (κ2) is 6.86. The zero-order chi connectivity index (χ0) is 17.1. The van der Waals surface area contributed by atoms with Gasteiger partial charge >= 0.3 is 0 Å². The molecule has 7 nitrogen and oxygen atoms in total. The minimum absolute atomic E-state index is 0.115. The molecule has 3 aromatic heterocycles. The van der Waals surface area contributed by atoms with Gasteiger partial charge in [-0.2, -0.15) is 0 Å². The largest absolute Gasteiger partial charge is 0.419 e. The average molecular weight is 351 g/mol. The van der Waals surface area contributed by atoms with Gasteiger partial charge in [0.1, 0.15) is 0 Å². The van der Waals surface area contributed by atoms with E-state index < -0.39 is 0 Å². The molecular formula is C17H13N5O2S. The molecule has 0 bridgehead atoms. The molecule has 8 heteroatoms. The van der Waals surface area contributed by atoms with Crippen molar-refractivity contribution in [2.75, 3.05) is 0 Å². The lowest BCUT2D eigenvalue weighted by Crippen LogP contribution is -1.88. The molecule has 0 radical (unpaired) electrons. The Morgan fingerprint density at radius 1 is 0.800 bits per heavy atom. The van der Waals surface area contributed by atoms with Gasteiger partial charge in [-0.15, -0.1) is 20.4 Å². The third-order valence-corrected chi connectivity index (χ3v) is 4.34. The first kappa shape index (κ1) is 15.5. The fraction of sp³-hybridized carbons (Fsp3) is 0.118. The number of hydrogen-bond acceptors (Lipinski definition) is 8. The molecule has 0 saturated carbocycles. The predicted molar refractivity (Wildman–Crippen MR) is 91.5 cm³/mol. The molecule has 0 N–H and O–H groups in total. The summed E-state index contributed by atoms with van der Waals surface area (Å²) in [5.41, 5.74) is 1.71. The molecule has 1 unspecified atom stereocenters. The van der Waals surface area contributed by atoms with E-state index in [4.69, 9.17) is 8.83 Å². The monoisotopic (exact) mass is 351 g/mol. The van der Waals surface area contributed by atoms with Crippen LogP contribution in [0.25, 0.3) is 22.9 Å². The molecule has 4 rings (SSSR count). The van der Waals surface area contributed by atoms with Gasteiger partial charge in [0.25, 0.3) is 5.22 Å². The van der Waals surface area contributed by atoms with Crippen molar-refractivity contribution in [2.24, 2.45) is 0 Å². The van der Waals surface area contributed by atoms with E-state index in [-0.39, 0.29) is 5.25 Å². The molecular weight excluding hydrogens is 338 g/mol. The quantitative estimate of drug-likeness (QED) is 0.498. The average Bonchev–Trinajstić information content (AvgIpc) is 3.33. The lowest BCUT2D eigenvalue weighted by Gasteiger charge is -2.01. The third-order valence-electron chi connectivity index (χ3n) is 3.42. The Morgan fingerprint density at radius 3 is 2.28 bits per heavy atom. The number of aromatic nitrogens is 5. The Labute approximate surface area is 147 Å². The van der Waals surface area contributed by atoms with Gasteiger partial charge in [-0.3, -0.25) is 4.98 Å². The van der Waals surface area contributed by atoms with Crippen LogP contribution in [0.5, 0.6) is 0 Å². The van der Waals surface area contributed by atoms with Crippen molar-refractivity contribution >= 4 is 11.8 Å². The second-order valence-electron chi connectivity index (χ2n) is 5.18. The van der Waals surface area contributed by atoms with Crippen LogP contribution in [-0.2, 0) is 0 Å². The van der Waals surface area contributed by atoms with Crippen LogP contribution in [0.3, 0.4) is 0 Å². The van der Waals surface area contributed by atoms with E-state index in [0.717, 1.165) is 11.1 Å². The Morgan fingerprint density at radius 2 is 1.48 bits per heavy atom. The summed E-state index contributed by atoms with van der Waals surface area (Å²) in [7, 11) is 0. The number of benzene rings is 1. The predicted octanol–water partition coefficient (Wildman–Crippen LogP) is 4.03. The number of thioether (sulfide) groups is 1. The standard InChI is InChI=1S/C17H13N5O2S/c1-11(14-19-20-15(23-14)12-5-3-2-4-6-12)25-17-22-21-16(24-17)13-7-9-18-10-8-13/h2-11H,1H3. The van der Waals surface area contributed by atoms with E-state index in [1.165, 1.54) is 11.8 Å². The number of hydrogen-bond donors (Lipinski definition) is 0. The highest BCUT2D eigenvalue weighted by molar-refractivity contribution is 7.99. The van der Waals surface area contributed by atoms with Crippen LogP contribution < -0.4 is 0 Å². The summed E-state index contributed by atoms with van der Waals surface area (Å²) in [6.07, 6.45) is 3.36. The minimum atomic E-state index is -0.115. The highest BCUT2D eigenvalue weighted by atomic mass is 32.2. The van der Waals surface area contributed by atoms with Crippen LogP contribution in [0.2, 0.25) is 0 Å². The van der Waals surface area contributed by atoms with Crippen LogP contribution >= 0.6 is 11.8 Å². The van der Waals surface area contributed by atoms with Crippen molar-refractivity contribution in [3.8, 4) is 22.9 Å². The van der Waals surface area contributed by atoms with Crippen molar-refractivity contribution in [3.05, 3.63) is 60.7 Å². The lowest BCUT2D eigenvalue weighted by atomic mass is 10.2. The maximum absolute atomic E-state index is 5.75. The van der Waals surface area contributed by atoms with Crippen LogP contribution in [0, 0.1) is 0 Å². The molecule has 0 spiro atoms. The first-order valence-corrected chi connectivity index (χ1v) is 8.47. The fourth-order valence-corrected chi connectivity index (χ4v) is 2.88. The summed E-state index contributed by atoms with van der Waals surface area (Å²) in [6.45, 7) is 1.95. The first-order valence-electron chi connectivity index (χ1n) is 7.59. The van der Waals surface area contributed by atoms with Crippen molar-refractivity contribution in [1.82, 2.24) is 25.4 Å². The van der Waals surface area contributed by atoms with Gasteiger partial charge in [-0.05, 0) is 31.2 Å². The molecule has 0 aliphatic heterocycles. The summed E-state index contributed by atoms with van der Waals surface area (Å²) in [5, 5.41) is 16.7. The molecule has 0 amide bonds. The highest BCUT2D eigenvalue weighted by Gasteiger charge is 2.19. The topological polar surface area (TPSA) is 90.7 Å². The van der Waals surface area contributed by atoms with Gasteiger partial charge < -0.3 is 8.83 Å². The van der Waals surface area contributed by atoms with E-state index in [0.29, 0.717) is 22.9 Å². The first-order chi connectivity index (χ1) is 12.3. The molecule has 0 aliphatic rings. The Bertz CT molecular complexity index is 955. The zero-order valence-electron chi connectivity index (χ0n) is 13.2. The highest BCUT2D eigenvalue weighted by Crippen LogP contribution is 2.35. The van der Waals surface area contributed by atoms with Gasteiger partial charge in [0, 0.05) is 23.5 Å². The van der Waals surface area contributed by atoms with Crippen molar-refractivity contribution in [1.29, 1.82) is 0 Å². The molecule has 124 valence electrons. The maximum Gasteiger partial charge on any atom is 0.277 e. The van der Waals surface area contributed by atoms with Crippen molar-refractivity contribution in [2.45, 2.75) is 17.4 Å². The smallest absolute Gasteiger partial charge is 0.277 e. The lowest BCUT2D eigenvalue weighted by molar-refractivity contribution is 0.461. The van der Waals surface area contributed by atoms with E-state index in [9.17, 15) is 0 Å². The maximum atomic E-state index is 5.75. The van der Waals surface area contributed by atoms with E-state index >= 15 is 0 Å². The second-order valence-corrected chi connectivity index (χ2v) is 6.47. The normalized spacial score (nSPS) is 12.2. The van der Waals surface area contributed by atoms with Crippen molar-refractivity contribution < 1.29 is 8.83 Å². The third kappa shape index (κ3) is 3.43. The van der Waals surface area contributed by atoms with E-state index in [1.54, 1.807) is 12.4 Å². The number of nitrogens with zero attached hydrogens (tertiary/aromatic N) is 5. The van der Waals surface area contributed by atoms with Gasteiger partial charge in [0.2, 0.25) is 17.7 Å². The Kier molecular flexibility index (Phi) is 4.26. The molecule has 1 atom stereocenters. The van der Waals surface area contributed by atoms with Crippen LogP contribution in [-0.4, -0.2) is 25.4 Å². The molecule has 4 aromatic rings. The summed E-state index contributed by atoms with van der Waals surface area (Å²) in [5.74, 6) is 1.45. The summed E-state index contributed by atoms with van der Waals surface area (Å²) in [4.78, 5) is 3.97. The molecule has 0 fully saturated rings. The summed E-state index contributed by atoms with van der Waals surface area (Å²) >= 11 is 1.37. The summed E-state index contributed by atoms with van der Waals surface area (Å²) < 4.78 is 11.4. The Balaban J connectivity index is 1.49. The molecule has 0 saturated heterocycles. The van der Waals surface area contributed by atoms with E-state index in [1.807, 2.05) is 49.4 Å². The molecule has 3 heterocycles. The molecule has 0 aliphatic carbocycles. The molecule has 25 heavy (non-hydrogen) atoms. The minimum Gasteiger partial charge on any atom is -0.419 e. The SMILES string of the molecule is CC(Sc1nnc(-c2ccncc2)o1)c1nnc(-c2ccccc2)o1. The number of rotatable bonds is 5. The van der Waals surface area contributed by atoms with Crippen LogP contribution in [0.1, 0.15) is 18.1 Å². The van der Waals surface area contributed by atoms with Gasteiger partial charge in [-0.25, -0.2) is 0 Å². The number of pyridine rings is 1. The fourth-order valence-electron chi connectivity index (χ4n) is 2.17. The van der Waals surface area contributed by atoms with Gasteiger partial charge in [-0.1, -0.05) is 30.0 Å². The van der Waals surface area contributed by atoms with E-state index in [2.05, 4.69) is 25.4 Å². The van der Waals surface area contributed by atoms with Crippen LogP contribution in [0.4, 0.5) is 0 Å². The van der Waals surface area contributed by atoms with Crippen molar-refractivity contribution in [3.63, 3.8) is 0 Å². The van der Waals surface area contributed by atoms with Gasteiger partial charge in [0.05, 0.1) is 5.25 Å². The van der Waals surface area contributed by atoms with Gasteiger partial charge in [0.15, 0.2) is 0 Å². The molecule has 1 aromatic carbocycles. The zero-order valence-corrected chi connectivity index (χ0v) is 14.1. The summed E-state index contributed by atoms with van der Waals surface area (Å²) in [6, 6.07) is 13.3.